The van der Waals surface area contributed by atoms with Crippen molar-refractivity contribution in [3.8, 4) is 16.9 Å². The van der Waals surface area contributed by atoms with Crippen LogP contribution in [0.15, 0.2) is 24.5 Å². The second-order valence-corrected chi connectivity index (χ2v) is 10.6. The molecular formula is C25H28ClN5O3S. The predicted octanol–water partition coefficient (Wildman–Crippen LogP) is 4.48. The van der Waals surface area contributed by atoms with Gasteiger partial charge in [0.1, 0.15) is 10.9 Å². The molecule has 1 saturated carbocycles. The summed E-state index contributed by atoms with van der Waals surface area (Å²) in [6.45, 7) is 3.67. The van der Waals surface area contributed by atoms with E-state index < -0.39 is 0 Å². The Labute approximate surface area is 213 Å². The van der Waals surface area contributed by atoms with E-state index >= 15 is 0 Å². The molecule has 10 heteroatoms. The number of fused-ring (bicyclic) bond motifs is 1. The summed E-state index contributed by atoms with van der Waals surface area (Å²) in [5, 5.41) is 13.7. The molecule has 8 nitrogen and oxygen atoms in total. The Hall–Kier alpha value is -2.59. The monoisotopic (exact) mass is 513 g/mol. The lowest BCUT2D eigenvalue weighted by Crippen LogP contribution is -2.41. The molecule has 1 amide bonds. The first-order chi connectivity index (χ1) is 16.9. The number of ether oxygens (including phenoxy) is 1. The topological polar surface area (TPSA) is 100 Å². The van der Waals surface area contributed by atoms with Crippen LogP contribution in [0.2, 0.25) is 5.15 Å². The van der Waals surface area contributed by atoms with Crippen molar-refractivity contribution in [2.45, 2.75) is 57.7 Å². The third kappa shape index (κ3) is 5.18. The summed E-state index contributed by atoms with van der Waals surface area (Å²) in [7, 11) is 1.56. The van der Waals surface area contributed by atoms with Gasteiger partial charge in [-0.15, -0.1) is 11.3 Å². The molecule has 0 aromatic carbocycles. The molecule has 0 unspecified atom stereocenters. The summed E-state index contributed by atoms with van der Waals surface area (Å²) in [6, 6.07) is 4.04. The average molecular weight is 514 g/mol. The van der Waals surface area contributed by atoms with Gasteiger partial charge in [0.15, 0.2) is 5.13 Å². The van der Waals surface area contributed by atoms with Gasteiger partial charge in [0, 0.05) is 53.4 Å². The normalized spacial score (nSPS) is 20.3. The summed E-state index contributed by atoms with van der Waals surface area (Å²) in [5.41, 5.74) is 3.58. The van der Waals surface area contributed by atoms with Gasteiger partial charge in [0.2, 0.25) is 0 Å². The molecule has 5 rings (SSSR count). The number of carbonyl (C=O) groups excluding carboxylic acids is 1. The number of halogens is 1. The Morgan fingerprint density at radius 2 is 2.00 bits per heavy atom. The zero-order valence-electron chi connectivity index (χ0n) is 19.8. The van der Waals surface area contributed by atoms with E-state index in [0.717, 1.165) is 56.6 Å². The number of methoxy groups -OCH3 is 1. The van der Waals surface area contributed by atoms with Crippen LogP contribution in [0, 0.1) is 6.92 Å². The lowest BCUT2D eigenvalue weighted by molar-refractivity contribution is 0.0682. The largest absolute Gasteiger partial charge is 0.494 e. The van der Waals surface area contributed by atoms with E-state index in [1.165, 1.54) is 16.2 Å². The number of aryl methyl sites for hydroxylation is 1. The number of nitrogens with zero attached hydrogens (tertiary/aromatic N) is 4. The zero-order chi connectivity index (χ0) is 24.5. The molecule has 4 heterocycles. The molecule has 35 heavy (non-hydrogen) atoms. The van der Waals surface area contributed by atoms with Crippen LogP contribution in [-0.4, -0.2) is 56.7 Å². The van der Waals surface area contributed by atoms with E-state index in [4.69, 9.17) is 21.3 Å². The number of aromatic nitrogens is 3. The van der Waals surface area contributed by atoms with E-state index in [9.17, 15) is 9.90 Å². The number of amides is 1. The van der Waals surface area contributed by atoms with E-state index in [0.29, 0.717) is 38.8 Å². The maximum absolute atomic E-state index is 13.4. The summed E-state index contributed by atoms with van der Waals surface area (Å²) in [5.74, 6) is 0.237. The summed E-state index contributed by atoms with van der Waals surface area (Å²) >= 11 is 7.68. The number of anilines is 1. The van der Waals surface area contributed by atoms with Gasteiger partial charge in [-0.2, -0.15) is 0 Å². The van der Waals surface area contributed by atoms with Crippen molar-refractivity contribution in [2.75, 3.05) is 19.0 Å². The summed E-state index contributed by atoms with van der Waals surface area (Å²) < 4.78 is 5.47. The van der Waals surface area contributed by atoms with Gasteiger partial charge in [-0.25, -0.2) is 9.97 Å². The first-order valence-corrected chi connectivity index (χ1v) is 13.0. The summed E-state index contributed by atoms with van der Waals surface area (Å²) in [6.07, 6.45) is 7.64. The molecular weight excluding hydrogens is 486 g/mol. The van der Waals surface area contributed by atoms with Crippen molar-refractivity contribution in [3.63, 3.8) is 0 Å². The zero-order valence-corrected chi connectivity index (χ0v) is 21.3. The Balaban J connectivity index is 1.36. The quantitative estimate of drug-likeness (QED) is 0.485. The van der Waals surface area contributed by atoms with Gasteiger partial charge < -0.3 is 9.84 Å². The minimum atomic E-state index is -0.285. The number of rotatable bonds is 5. The SMILES string of the molecule is COc1cnc(Cl)cc1-c1cc(C)ncc1C(=O)Nc1nc2c(s1)CN(C1CCC(O)CC1)CC2. The smallest absolute Gasteiger partial charge is 0.259 e. The van der Waals surface area contributed by atoms with Crippen LogP contribution in [0.4, 0.5) is 5.13 Å². The molecule has 1 aliphatic carbocycles. The number of aliphatic hydroxyl groups is 1. The van der Waals surface area contributed by atoms with E-state index in [1.807, 2.05) is 13.0 Å². The predicted molar refractivity (Wildman–Crippen MR) is 136 cm³/mol. The van der Waals surface area contributed by atoms with Crippen LogP contribution in [-0.2, 0) is 13.0 Å². The molecule has 0 atom stereocenters. The van der Waals surface area contributed by atoms with E-state index in [1.54, 1.807) is 25.6 Å². The lowest BCUT2D eigenvalue weighted by Gasteiger charge is -2.37. The fraction of sp³-hybridized carbons (Fsp3) is 0.440. The highest BCUT2D eigenvalue weighted by Crippen LogP contribution is 2.35. The van der Waals surface area contributed by atoms with Crippen molar-refractivity contribution in [3.05, 3.63) is 51.5 Å². The van der Waals surface area contributed by atoms with Gasteiger partial charge in [-0.3, -0.25) is 20.0 Å². The van der Waals surface area contributed by atoms with E-state index in [2.05, 4.69) is 20.2 Å². The maximum Gasteiger partial charge on any atom is 0.259 e. The highest BCUT2D eigenvalue weighted by atomic mass is 35.5. The van der Waals surface area contributed by atoms with Gasteiger partial charge in [-0.1, -0.05) is 11.6 Å². The molecule has 1 aliphatic heterocycles. The third-order valence-electron chi connectivity index (χ3n) is 6.79. The Bertz CT molecular complexity index is 1240. The number of pyridine rings is 2. The highest BCUT2D eigenvalue weighted by Gasteiger charge is 2.29. The van der Waals surface area contributed by atoms with Gasteiger partial charge in [0.05, 0.1) is 30.7 Å². The number of carbonyl (C=O) groups is 1. The van der Waals surface area contributed by atoms with Crippen molar-refractivity contribution in [1.82, 2.24) is 19.9 Å². The van der Waals surface area contributed by atoms with Gasteiger partial charge in [0.25, 0.3) is 5.91 Å². The lowest BCUT2D eigenvalue weighted by atomic mass is 9.91. The number of thiazole rings is 1. The number of hydrogen-bond acceptors (Lipinski definition) is 8. The molecule has 3 aromatic heterocycles. The molecule has 0 radical (unpaired) electrons. The van der Waals surface area contributed by atoms with E-state index in [-0.39, 0.29) is 12.0 Å². The summed E-state index contributed by atoms with van der Waals surface area (Å²) in [4.78, 5) is 30.2. The molecule has 2 N–H and O–H groups in total. The van der Waals surface area contributed by atoms with Crippen LogP contribution in [0.1, 0.15) is 52.3 Å². The number of aliphatic hydroxyl groups excluding tert-OH is 1. The molecule has 3 aromatic rings. The van der Waals surface area contributed by atoms with Crippen LogP contribution in [0.25, 0.3) is 11.1 Å². The highest BCUT2D eigenvalue weighted by molar-refractivity contribution is 7.15. The first-order valence-electron chi connectivity index (χ1n) is 11.8. The minimum absolute atomic E-state index is 0.152. The van der Waals surface area contributed by atoms with Crippen molar-refractivity contribution in [1.29, 1.82) is 0 Å². The Morgan fingerprint density at radius 3 is 2.77 bits per heavy atom. The van der Waals surface area contributed by atoms with Crippen molar-refractivity contribution < 1.29 is 14.6 Å². The first kappa shape index (κ1) is 24.1. The number of hydrogen-bond donors (Lipinski definition) is 2. The fourth-order valence-corrected chi connectivity index (χ4v) is 6.11. The standard InChI is InChI=1S/C25H28ClN5O3S/c1-14-9-17(18-10-23(26)28-12-21(18)34-2)19(11-27-14)24(33)30-25-29-20-7-8-31(13-22(20)35-25)15-3-5-16(32)6-4-15/h9-12,15-16,32H,3-8,13H2,1-2H3,(H,29,30,33). The second kappa shape index (κ2) is 10.2. The second-order valence-electron chi connectivity index (χ2n) is 9.10. The molecule has 1 fully saturated rings. The molecule has 2 aliphatic rings. The maximum atomic E-state index is 13.4. The number of nitrogens with one attached hydrogen (secondary N) is 1. The fourth-order valence-electron chi connectivity index (χ4n) is 4.92. The Morgan fingerprint density at radius 1 is 1.20 bits per heavy atom. The average Bonchev–Trinajstić information content (AvgIpc) is 3.25. The van der Waals surface area contributed by atoms with Crippen LogP contribution in [0.5, 0.6) is 5.75 Å². The van der Waals surface area contributed by atoms with Crippen LogP contribution in [0.3, 0.4) is 0 Å². The third-order valence-corrected chi connectivity index (χ3v) is 8.00. The molecule has 0 bridgehead atoms. The van der Waals surface area contributed by atoms with Crippen molar-refractivity contribution in [2.24, 2.45) is 0 Å². The van der Waals surface area contributed by atoms with Crippen LogP contribution < -0.4 is 10.1 Å². The molecule has 184 valence electrons. The van der Waals surface area contributed by atoms with Crippen molar-refractivity contribution >= 4 is 34.0 Å². The minimum Gasteiger partial charge on any atom is -0.494 e. The molecule has 0 saturated heterocycles. The Kier molecular flexibility index (Phi) is 7.02. The molecule has 0 spiro atoms. The van der Waals surface area contributed by atoms with Gasteiger partial charge >= 0.3 is 0 Å². The van der Waals surface area contributed by atoms with Crippen LogP contribution >= 0.6 is 22.9 Å². The van der Waals surface area contributed by atoms with Gasteiger partial charge in [-0.05, 0) is 44.7 Å².